The Morgan fingerprint density at radius 3 is 1.96 bits per heavy atom. The highest BCUT2D eigenvalue weighted by molar-refractivity contribution is 5.85. The molecule has 1 saturated carbocycles. The molecular formula is C16H20Cl2F6N2. The smallest absolute Gasteiger partial charge is 0.314 e. The number of nitrogens with one attached hydrogen (secondary N) is 1. The van der Waals surface area contributed by atoms with Gasteiger partial charge in [0.05, 0.1) is 11.1 Å². The van der Waals surface area contributed by atoms with E-state index in [9.17, 15) is 26.3 Å². The van der Waals surface area contributed by atoms with Crippen molar-refractivity contribution in [3.05, 3.63) is 34.9 Å². The number of nitrogens with zero attached hydrogens (tertiary/aromatic N) is 1. The Labute approximate surface area is 160 Å². The third-order valence-electron chi connectivity index (χ3n) is 4.62. The Balaban J connectivity index is 0.00000169. The maximum atomic E-state index is 13.4. The Morgan fingerprint density at radius 1 is 0.923 bits per heavy atom. The van der Waals surface area contributed by atoms with E-state index >= 15 is 0 Å². The predicted molar refractivity (Wildman–Crippen MR) is 90.8 cm³/mol. The van der Waals surface area contributed by atoms with Crippen molar-refractivity contribution in [2.75, 3.05) is 26.2 Å². The van der Waals surface area contributed by atoms with Gasteiger partial charge in [0.2, 0.25) is 0 Å². The van der Waals surface area contributed by atoms with Crippen LogP contribution in [0.25, 0.3) is 0 Å². The van der Waals surface area contributed by atoms with Gasteiger partial charge in [0, 0.05) is 32.2 Å². The second kappa shape index (κ2) is 8.54. The number of rotatable bonds is 3. The van der Waals surface area contributed by atoms with Crippen molar-refractivity contribution in [1.82, 2.24) is 10.2 Å². The van der Waals surface area contributed by atoms with E-state index in [0.717, 1.165) is 12.8 Å². The summed E-state index contributed by atoms with van der Waals surface area (Å²) in [5.41, 5.74) is -2.21. The van der Waals surface area contributed by atoms with Crippen LogP contribution in [-0.4, -0.2) is 31.1 Å². The van der Waals surface area contributed by atoms with Crippen molar-refractivity contribution in [3.8, 4) is 0 Å². The van der Waals surface area contributed by atoms with Crippen molar-refractivity contribution in [2.24, 2.45) is 5.92 Å². The van der Waals surface area contributed by atoms with E-state index in [4.69, 9.17) is 0 Å². The average Bonchev–Trinajstić information content (AvgIpc) is 3.31. The van der Waals surface area contributed by atoms with Crippen molar-refractivity contribution < 1.29 is 26.3 Å². The molecule has 0 radical (unpaired) electrons. The molecule has 0 unspecified atom stereocenters. The van der Waals surface area contributed by atoms with Gasteiger partial charge < -0.3 is 5.32 Å². The van der Waals surface area contributed by atoms with E-state index in [1.165, 1.54) is 0 Å². The van der Waals surface area contributed by atoms with Gasteiger partial charge in [0.15, 0.2) is 0 Å². The maximum Gasteiger partial charge on any atom is 0.416 e. The fourth-order valence-corrected chi connectivity index (χ4v) is 3.36. The molecule has 1 saturated heterocycles. The summed E-state index contributed by atoms with van der Waals surface area (Å²) in [5.74, 6) is -0.00677. The summed E-state index contributed by atoms with van der Waals surface area (Å²) < 4.78 is 79.2. The predicted octanol–water partition coefficient (Wildman–Crippen LogP) is 4.92. The first-order chi connectivity index (χ1) is 11.2. The minimum Gasteiger partial charge on any atom is -0.314 e. The summed E-state index contributed by atoms with van der Waals surface area (Å²) >= 11 is 0. The van der Waals surface area contributed by atoms with Gasteiger partial charge in [-0.25, -0.2) is 0 Å². The molecule has 1 aromatic rings. The quantitative estimate of drug-likeness (QED) is 0.692. The van der Waals surface area contributed by atoms with Gasteiger partial charge in [0.25, 0.3) is 0 Å². The Bertz CT molecular complexity index is 595. The number of hydrogen-bond donors (Lipinski definition) is 1. The largest absolute Gasteiger partial charge is 0.416 e. The molecule has 1 aromatic carbocycles. The summed E-state index contributed by atoms with van der Waals surface area (Å²) in [6, 6.07) is 1.20. The first-order valence-electron chi connectivity index (χ1n) is 7.91. The van der Waals surface area contributed by atoms with Gasteiger partial charge in [-0.2, -0.15) is 26.3 Å². The summed E-state index contributed by atoms with van der Waals surface area (Å²) in [6.07, 6.45) is -7.82. The van der Waals surface area contributed by atoms with E-state index in [1.54, 1.807) is 0 Å². The molecule has 1 aliphatic carbocycles. The number of hydrogen-bond acceptors (Lipinski definition) is 2. The lowest BCUT2D eigenvalue weighted by molar-refractivity contribution is -0.142. The molecule has 1 atom stereocenters. The fourth-order valence-electron chi connectivity index (χ4n) is 3.36. The van der Waals surface area contributed by atoms with E-state index in [1.807, 2.05) is 4.90 Å². The summed E-state index contributed by atoms with van der Waals surface area (Å²) in [7, 11) is 0. The number of halogens is 8. The molecule has 2 fully saturated rings. The second-order valence-electron chi connectivity index (χ2n) is 6.37. The average molecular weight is 425 g/mol. The summed E-state index contributed by atoms with van der Waals surface area (Å²) in [6.45, 7) is 2.33. The van der Waals surface area contributed by atoms with Crippen LogP contribution in [-0.2, 0) is 12.4 Å². The molecule has 0 bridgehead atoms. The van der Waals surface area contributed by atoms with E-state index in [0.29, 0.717) is 44.4 Å². The van der Waals surface area contributed by atoms with Crippen molar-refractivity contribution in [2.45, 2.75) is 31.2 Å². The molecule has 150 valence electrons. The first-order valence-corrected chi connectivity index (χ1v) is 7.91. The molecule has 1 aliphatic heterocycles. The molecule has 3 rings (SSSR count). The van der Waals surface area contributed by atoms with Crippen LogP contribution in [0.15, 0.2) is 18.2 Å². The molecule has 0 aromatic heterocycles. The van der Waals surface area contributed by atoms with Crippen molar-refractivity contribution in [1.29, 1.82) is 0 Å². The standard InChI is InChI=1S/C16H18F6N2.2ClH/c17-15(18,19)11-3-4-13(16(20,21)22)12(9-11)14(10-1-2-10)24-7-5-23-6-8-24;;/h3-4,9-10,14,23H,1-2,5-8H2;2*1H/t14-;;/m1../s1. The highest BCUT2D eigenvalue weighted by Crippen LogP contribution is 2.49. The minimum absolute atomic E-state index is 0. The molecule has 0 amide bonds. The fraction of sp³-hybridized carbons (Fsp3) is 0.625. The van der Waals surface area contributed by atoms with Crippen LogP contribution in [0.4, 0.5) is 26.3 Å². The second-order valence-corrected chi connectivity index (χ2v) is 6.37. The number of benzene rings is 1. The third kappa shape index (κ3) is 5.18. The lowest BCUT2D eigenvalue weighted by Gasteiger charge is -2.36. The number of piperazine rings is 1. The maximum absolute atomic E-state index is 13.4. The lowest BCUT2D eigenvalue weighted by Crippen LogP contribution is -2.46. The Hall–Kier alpha value is -0.700. The van der Waals surface area contributed by atoms with Crippen LogP contribution < -0.4 is 5.32 Å². The zero-order chi connectivity index (χ0) is 17.5. The van der Waals surface area contributed by atoms with Crippen LogP contribution in [0.2, 0.25) is 0 Å². The Morgan fingerprint density at radius 2 is 1.50 bits per heavy atom. The van der Waals surface area contributed by atoms with Crippen molar-refractivity contribution >= 4 is 24.8 Å². The molecule has 0 spiro atoms. The molecule has 2 nitrogen and oxygen atoms in total. The van der Waals surface area contributed by atoms with Crippen LogP contribution in [0.3, 0.4) is 0 Å². The van der Waals surface area contributed by atoms with Crippen LogP contribution in [0, 0.1) is 5.92 Å². The SMILES string of the molecule is Cl.Cl.FC(F)(F)c1ccc(C(F)(F)F)c([C@@H](C2CC2)N2CCNCC2)c1. The van der Waals surface area contributed by atoms with Gasteiger partial charge in [-0.1, -0.05) is 0 Å². The topological polar surface area (TPSA) is 15.3 Å². The highest BCUT2D eigenvalue weighted by atomic mass is 35.5. The van der Waals surface area contributed by atoms with Crippen LogP contribution in [0.1, 0.15) is 35.6 Å². The molecule has 26 heavy (non-hydrogen) atoms. The number of alkyl halides is 6. The normalized spacial score (nSPS) is 20.1. The zero-order valence-corrected chi connectivity index (χ0v) is 15.3. The van der Waals surface area contributed by atoms with Gasteiger partial charge in [-0.05, 0) is 42.5 Å². The van der Waals surface area contributed by atoms with Gasteiger partial charge in [0.1, 0.15) is 0 Å². The third-order valence-corrected chi connectivity index (χ3v) is 4.62. The van der Waals surface area contributed by atoms with E-state index in [2.05, 4.69) is 5.32 Å². The zero-order valence-electron chi connectivity index (χ0n) is 13.7. The first kappa shape index (κ1) is 23.3. The molecule has 2 aliphatic rings. The molecule has 1 heterocycles. The summed E-state index contributed by atoms with van der Waals surface area (Å²) in [4.78, 5) is 1.89. The lowest BCUT2D eigenvalue weighted by atomic mass is 9.92. The van der Waals surface area contributed by atoms with Gasteiger partial charge in [-0.3, -0.25) is 4.90 Å². The van der Waals surface area contributed by atoms with Crippen molar-refractivity contribution in [3.63, 3.8) is 0 Å². The van der Waals surface area contributed by atoms with Crippen LogP contribution in [0.5, 0.6) is 0 Å². The Kier molecular flexibility index (Phi) is 7.67. The van der Waals surface area contributed by atoms with E-state index in [-0.39, 0.29) is 36.3 Å². The molecule has 1 N–H and O–H groups in total. The highest BCUT2D eigenvalue weighted by Gasteiger charge is 2.44. The summed E-state index contributed by atoms with van der Waals surface area (Å²) in [5, 5.41) is 3.12. The van der Waals surface area contributed by atoms with Gasteiger partial charge in [-0.15, -0.1) is 24.8 Å². The monoisotopic (exact) mass is 424 g/mol. The van der Waals surface area contributed by atoms with E-state index < -0.39 is 29.5 Å². The molecule has 10 heteroatoms. The minimum atomic E-state index is -4.67. The molecular weight excluding hydrogens is 405 g/mol. The van der Waals surface area contributed by atoms with Crippen LogP contribution >= 0.6 is 24.8 Å². The van der Waals surface area contributed by atoms with Gasteiger partial charge >= 0.3 is 12.4 Å².